The van der Waals surface area contributed by atoms with Crippen LogP contribution in [-0.2, 0) is 15.9 Å². The molecule has 2 aliphatic carbocycles. The Labute approximate surface area is 214 Å². The molecule has 1 N–H and O–H groups in total. The SMILES string of the molecule is COCCN(c1ccc(C2CC2)cc1)c1ccc2c(c1)CCC[C@H]2CNc1ccccc1C(=O)OC. The molecule has 3 aromatic rings. The van der Waals surface area contributed by atoms with E-state index in [0.717, 1.165) is 44.0 Å². The van der Waals surface area contributed by atoms with E-state index in [2.05, 4.69) is 52.7 Å². The van der Waals surface area contributed by atoms with E-state index in [0.29, 0.717) is 18.1 Å². The molecule has 5 rings (SSSR count). The van der Waals surface area contributed by atoms with Gasteiger partial charge in [-0.3, -0.25) is 0 Å². The van der Waals surface area contributed by atoms with Gasteiger partial charge < -0.3 is 19.7 Å². The van der Waals surface area contributed by atoms with Crippen molar-refractivity contribution in [2.45, 2.75) is 43.9 Å². The standard InChI is InChI=1S/C31H36N2O3/c1-35-19-18-33(26-14-12-23(13-15-26)22-10-11-22)27-16-17-28-24(20-27)6-5-7-25(28)21-32-30-9-4-3-8-29(30)31(34)36-2/h3-4,8-9,12-17,20,22,25,32H,5-7,10-11,18-19,21H2,1-2H3/t25-/m0/s1. The number of para-hydroxylation sites is 1. The van der Waals surface area contributed by atoms with Gasteiger partial charge in [-0.1, -0.05) is 30.3 Å². The molecule has 3 aromatic carbocycles. The fraction of sp³-hybridized carbons (Fsp3) is 0.387. The molecule has 0 spiro atoms. The number of nitrogens with zero attached hydrogens (tertiary/aromatic N) is 1. The molecular formula is C31H36N2O3. The Kier molecular flexibility index (Phi) is 7.57. The Bertz CT molecular complexity index is 1190. The van der Waals surface area contributed by atoms with E-state index in [9.17, 15) is 4.79 Å². The molecule has 5 heteroatoms. The molecule has 1 fully saturated rings. The van der Waals surface area contributed by atoms with E-state index in [1.807, 2.05) is 18.2 Å². The summed E-state index contributed by atoms with van der Waals surface area (Å²) >= 11 is 0. The van der Waals surface area contributed by atoms with E-state index in [1.165, 1.54) is 48.0 Å². The number of carbonyl (C=O) groups excluding carboxylic acids is 1. The van der Waals surface area contributed by atoms with Gasteiger partial charge in [0.05, 0.1) is 19.3 Å². The van der Waals surface area contributed by atoms with Gasteiger partial charge in [0, 0.05) is 43.2 Å². The lowest BCUT2D eigenvalue weighted by Crippen LogP contribution is -2.23. The molecule has 2 aliphatic rings. The first-order valence-corrected chi connectivity index (χ1v) is 13.1. The number of esters is 1. The second-order valence-electron chi connectivity index (χ2n) is 9.90. The van der Waals surface area contributed by atoms with E-state index in [-0.39, 0.29) is 5.97 Å². The number of ether oxygens (including phenoxy) is 2. The minimum Gasteiger partial charge on any atom is -0.465 e. The maximum absolute atomic E-state index is 12.2. The summed E-state index contributed by atoms with van der Waals surface area (Å²) in [7, 11) is 3.18. The molecule has 5 nitrogen and oxygen atoms in total. The van der Waals surface area contributed by atoms with Crippen molar-refractivity contribution >= 4 is 23.0 Å². The lowest BCUT2D eigenvalue weighted by Gasteiger charge is -2.30. The molecular weight excluding hydrogens is 448 g/mol. The van der Waals surface area contributed by atoms with Gasteiger partial charge in [-0.25, -0.2) is 4.79 Å². The molecule has 0 aromatic heterocycles. The highest BCUT2D eigenvalue weighted by atomic mass is 16.5. The number of hydrogen-bond acceptors (Lipinski definition) is 5. The van der Waals surface area contributed by atoms with Crippen LogP contribution < -0.4 is 10.2 Å². The largest absolute Gasteiger partial charge is 0.465 e. The molecule has 0 saturated heterocycles. The first-order valence-electron chi connectivity index (χ1n) is 13.1. The number of anilines is 3. The third-order valence-corrected chi connectivity index (χ3v) is 7.52. The molecule has 0 heterocycles. The average molecular weight is 485 g/mol. The molecule has 0 bridgehead atoms. The monoisotopic (exact) mass is 484 g/mol. The number of methoxy groups -OCH3 is 2. The Hall–Kier alpha value is -3.31. The van der Waals surface area contributed by atoms with Crippen LogP contribution in [0.25, 0.3) is 0 Å². The zero-order chi connectivity index (χ0) is 24.9. The van der Waals surface area contributed by atoms with Crippen molar-refractivity contribution in [2.24, 2.45) is 0 Å². The van der Waals surface area contributed by atoms with Gasteiger partial charge in [0.15, 0.2) is 0 Å². The Morgan fingerprint density at radius 3 is 2.50 bits per heavy atom. The average Bonchev–Trinajstić information content (AvgIpc) is 3.78. The van der Waals surface area contributed by atoms with Crippen molar-refractivity contribution in [3.63, 3.8) is 0 Å². The third kappa shape index (κ3) is 5.41. The highest BCUT2D eigenvalue weighted by Crippen LogP contribution is 2.41. The van der Waals surface area contributed by atoms with Crippen molar-refractivity contribution in [3.05, 3.63) is 89.0 Å². The minimum absolute atomic E-state index is 0.312. The summed E-state index contributed by atoms with van der Waals surface area (Å²) in [5.41, 5.74) is 8.12. The van der Waals surface area contributed by atoms with Gasteiger partial charge >= 0.3 is 5.97 Å². The quantitative estimate of drug-likeness (QED) is 0.326. The minimum atomic E-state index is -0.312. The van der Waals surface area contributed by atoms with E-state index >= 15 is 0 Å². The van der Waals surface area contributed by atoms with Crippen LogP contribution in [0.15, 0.2) is 66.7 Å². The third-order valence-electron chi connectivity index (χ3n) is 7.52. The van der Waals surface area contributed by atoms with Crippen molar-refractivity contribution in [1.82, 2.24) is 0 Å². The number of hydrogen-bond donors (Lipinski definition) is 1. The summed E-state index contributed by atoms with van der Waals surface area (Å²) in [5, 5.41) is 3.52. The first-order chi connectivity index (χ1) is 17.7. The van der Waals surface area contributed by atoms with Crippen molar-refractivity contribution in [1.29, 1.82) is 0 Å². The second kappa shape index (κ2) is 11.2. The molecule has 0 radical (unpaired) electrons. The fourth-order valence-corrected chi connectivity index (χ4v) is 5.37. The molecule has 0 aliphatic heterocycles. The summed E-state index contributed by atoms with van der Waals surface area (Å²) in [6.07, 6.45) is 6.03. The zero-order valence-electron chi connectivity index (χ0n) is 21.3. The van der Waals surface area contributed by atoms with Crippen LogP contribution in [0.5, 0.6) is 0 Å². The van der Waals surface area contributed by atoms with Crippen LogP contribution in [0.1, 0.15) is 64.6 Å². The Balaban J connectivity index is 1.35. The van der Waals surface area contributed by atoms with Crippen molar-refractivity contribution in [2.75, 3.05) is 44.1 Å². The van der Waals surface area contributed by atoms with E-state index < -0.39 is 0 Å². The van der Waals surface area contributed by atoms with Crippen molar-refractivity contribution < 1.29 is 14.3 Å². The highest BCUT2D eigenvalue weighted by molar-refractivity contribution is 5.95. The predicted octanol–water partition coefficient (Wildman–Crippen LogP) is 6.67. The van der Waals surface area contributed by atoms with Crippen LogP contribution in [0.3, 0.4) is 0 Å². The molecule has 36 heavy (non-hydrogen) atoms. The number of nitrogens with one attached hydrogen (secondary N) is 1. The Morgan fingerprint density at radius 1 is 0.972 bits per heavy atom. The molecule has 0 amide bonds. The van der Waals surface area contributed by atoms with Gasteiger partial charge in [-0.15, -0.1) is 0 Å². The molecule has 188 valence electrons. The number of fused-ring (bicyclic) bond motifs is 1. The number of rotatable bonds is 10. The summed E-state index contributed by atoms with van der Waals surface area (Å²) in [5.74, 6) is 0.854. The van der Waals surface area contributed by atoms with E-state index in [1.54, 1.807) is 13.2 Å². The summed E-state index contributed by atoms with van der Waals surface area (Å²) < 4.78 is 10.4. The predicted molar refractivity (Wildman–Crippen MR) is 146 cm³/mol. The summed E-state index contributed by atoms with van der Waals surface area (Å²) in [6.45, 7) is 2.28. The summed E-state index contributed by atoms with van der Waals surface area (Å²) in [4.78, 5) is 14.5. The van der Waals surface area contributed by atoms with Crippen LogP contribution in [0, 0.1) is 0 Å². The fourth-order valence-electron chi connectivity index (χ4n) is 5.37. The smallest absolute Gasteiger partial charge is 0.339 e. The number of aryl methyl sites for hydroxylation is 1. The zero-order valence-corrected chi connectivity index (χ0v) is 21.3. The maximum Gasteiger partial charge on any atom is 0.339 e. The normalized spacial score (nSPS) is 16.8. The van der Waals surface area contributed by atoms with Gasteiger partial charge in [0.1, 0.15) is 0 Å². The van der Waals surface area contributed by atoms with Crippen LogP contribution in [-0.4, -0.2) is 39.9 Å². The molecule has 1 atom stereocenters. The number of carbonyl (C=O) groups is 1. The molecule has 1 saturated carbocycles. The van der Waals surface area contributed by atoms with Crippen LogP contribution in [0.4, 0.5) is 17.1 Å². The first kappa shape index (κ1) is 24.4. The van der Waals surface area contributed by atoms with Gasteiger partial charge in [0.2, 0.25) is 0 Å². The lowest BCUT2D eigenvalue weighted by atomic mass is 9.82. The van der Waals surface area contributed by atoms with Gasteiger partial charge in [-0.2, -0.15) is 0 Å². The van der Waals surface area contributed by atoms with E-state index in [4.69, 9.17) is 9.47 Å². The summed E-state index contributed by atoms with van der Waals surface area (Å²) in [6, 6.07) is 23.6. The van der Waals surface area contributed by atoms with Crippen LogP contribution >= 0.6 is 0 Å². The maximum atomic E-state index is 12.2. The second-order valence-corrected chi connectivity index (χ2v) is 9.90. The lowest BCUT2D eigenvalue weighted by molar-refractivity contribution is 0.0602. The van der Waals surface area contributed by atoms with Crippen LogP contribution in [0.2, 0.25) is 0 Å². The topological polar surface area (TPSA) is 50.8 Å². The van der Waals surface area contributed by atoms with Crippen molar-refractivity contribution in [3.8, 4) is 0 Å². The Morgan fingerprint density at radius 2 is 1.75 bits per heavy atom. The van der Waals surface area contributed by atoms with Gasteiger partial charge in [-0.05, 0) is 91.1 Å². The van der Waals surface area contributed by atoms with Gasteiger partial charge in [0.25, 0.3) is 0 Å². The number of benzene rings is 3. The highest BCUT2D eigenvalue weighted by Gasteiger charge is 2.24. The molecule has 0 unspecified atom stereocenters.